The number of carbonyl (C=O) groups is 1. The van der Waals surface area contributed by atoms with E-state index in [1.807, 2.05) is 28.8 Å². The van der Waals surface area contributed by atoms with Gasteiger partial charge in [-0.1, -0.05) is 6.07 Å². The minimum absolute atomic E-state index is 0.246. The highest BCUT2D eigenvalue weighted by Gasteiger charge is 2.08. The third-order valence-corrected chi connectivity index (χ3v) is 3.47. The van der Waals surface area contributed by atoms with Gasteiger partial charge in [-0.05, 0) is 24.3 Å². The van der Waals surface area contributed by atoms with E-state index in [1.165, 1.54) is 6.26 Å². The van der Waals surface area contributed by atoms with Gasteiger partial charge in [-0.3, -0.25) is 14.2 Å². The van der Waals surface area contributed by atoms with Gasteiger partial charge in [0.2, 0.25) is 0 Å². The van der Waals surface area contributed by atoms with Gasteiger partial charge < -0.3 is 20.4 Å². The van der Waals surface area contributed by atoms with E-state index >= 15 is 0 Å². The Balaban J connectivity index is 1.43. The molecular formula is C16H19N7O2. The third kappa shape index (κ3) is 4.14. The molecule has 1 amide bonds. The number of hydrogen-bond acceptors (Lipinski definition) is 5. The molecule has 0 spiro atoms. The SMILES string of the molecule is CN=C(NCCNC(=O)c1ccco1)NCc1nnc2ccccn12. The smallest absolute Gasteiger partial charge is 0.287 e. The number of rotatable bonds is 6. The van der Waals surface area contributed by atoms with Gasteiger partial charge in [0, 0.05) is 26.3 Å². The fourth-order valence-corrected chi connectivity index (χ4v) is 2.25. The van der Waals surface area contributed by atoms with Gasteiger partial charge in [0.1, 0.15) is 0 Å². The average molecular weight is 341 g/mol. The Labute approximate surface area is 144 Å². The van der Waals surface area contributed by atoms with E-state index in [2.05, 4.69) is 31.1 Å². The van der Waals surface area contributed by atoms with Crippen LogP contribution in [0.1, 0.15) is 16.4 Å². The molecule has 3 aromatic heterocycles. The van der Waals surface area contributed by atoms with Crippen LogP contribution in [0.15, 0.2) is 52.2 Å². The van der Waals surface area contributed by atoms with Crippen molar-refractivity contribution in [2.45, 2.75) is 6.54 Å². The first-order valence-corrected chi connectivity index (χ1v) is 7.83. The van der Waals surface area contributed by atoms with Crippen molar-refractivity contribution in [3.8, 4) is 0 Å². The number of hydrogen-bond donors (Lipinski definition) is 3. The van der Waals surface area contributed by atoms with E-state index in [4.69, 9.17) is 4.42 Å². The average Bonchev–Trinajstić information content (AvgIpc) is 3.31. The maximum atomic E-state index is 11.7. The van der Waals surface area contributed by atoms with Crippen molar-refractivity contribution in [1.29, 1.82) is 0 Å². The number of amides is 1. The molecule has 25 heavy (non-hydrogen) atoms. The summed E-state index contributed by atoms with van der Waals surface area (Å²) >= 11 is 0. The van der Waals surface area contributed by atoms with Gasteiger partial charge in [0.25, 0.3) is 5.91 Å². The van der Waals surface area contributed by atoms with E-state index in [0.717, 1.165) is 11.5 Å². The van der Waals surface area contributed by atoms with Gasteiger partial charge in [-0.2, -0.15) is 0 Å². The van der Waals surface area contributed by atoms with Crippen LogP contribution in [0, 0.1) is 0 Å². The summed E-state index contributed by atoms with van der Waals surface area (Å²) in [6.07, 6.45) is 3.37. The van der Waals surface area contributed by atoms with E-state index in [9.17, 15) is 4.79 Å². The monoisotopic (exact) mass is 341 g/mol. The molecule has 0 saturated heterocycles. The van der Waals surface area contributed by atoms with Crippen LogP contribution in [0.2, 0.25) is 0 Å². The van der Waals surface area contributed by atoms with Crippen LogP contribution < -0.4 is 16.0 Å². The van der Waals surface area contributed by atoms with Crippen molar-refractivity contribution >= 4 is 17.5 Å². The maximum absolute atomic E-state index is 11.7. The Hall–Kier alpha value is -3.36. The Morgan fingerprint density at radius 2 is 2.04 bits per heavy atom. The number of nitrogens with one attached hydrogen (secondary N) is 3. The van der Waals surface area contributed by atoms with Crippen molar-refractivity contribution in [1.82, 2.24) is 30.5 Å². The second-order valence-electron chi connectivity index (χ2n) is 5.13. The summed E-state index contributed by atoms with van der Waals surface area (Å²) in [5.41, 5.74) is 0.794. The molecule has 0 fully saturated rings. The van der Waals surface area contributed by atoms with Crippen LogP contribution in [0.25, 0.3) is 5.65 Å². The summed E-state index contributed by atoms with van der Waals surface area (Å²) in [6, 6.07) is 9.03. The Morgan fingerprint density at radius 1 is 1.16 bits per heavy atom. The van der Waals surface area contributed by atoms with Gasteiger partial charge in [-0.15, -0.1) is 10.2 Å². The van der Waals surface area contributed by atoms with Crippen molar-refractivity contribution in [2.24, 2.45) is 4.99 Å². The van der Waals surface area contributed by atoms with Gasteiger partial charge in [-0.25, -0.2) is 0 Å². The van der Waals surface area contributed by atoms with E-state index in [0.29, 0.717) is 31.4 Å². The molecule has 130 valence electrons. The molecule has 0 bridgehead atoms. The van der Waals surface area contributed by atoms with Crippen LogP contribution in [0.5, 0.6) is 0 Å². The van der Waals surface area contributed by atoms with E-state index < -0.39 is 0 Å². The minimum Gasteiger partial charge on any atom is -0.459 e. The van der Waals surface area contributed by atoms with E-state index in [1.54, 1.807) is 19.2 Å². The Morgan fingerprint density at radius 3 is 2.84 bits per heavy atom. The quantitative estimate of drug-likeness (QED) is 0.341. The summed E-state index contributed by atoms with van der Waals surface area (Å²) in [5.74, 6) is 1.44. The normalized spacial score (nSPS) is 11.5. The largest absolute Gasteiger partial charge is 0.459 e. The number of aromatic nitrogens is 3. The number of pyridine rings is 1. The molecule has 3 aromatic rings. The molecule has 9 nitrogen and oxygen atoms in total. The van der Waals surface area contributed by atoms with Crippen molar-refractivity contribution in [3.05, 3.63) is 54.4 Å². The second-order valence-corrected chi connectivity index (χ2v) is 5.13. The lowest BCUT2D eigenvalue weighted by Gasteiger charge is -2.11. The Bertz CT molecular complexity index is 854. The van der Waals surface area contributed by atoms with Gasteiger partial charge >= 0.3 is 0 Å². The van der Waals surface area contributed by atoms with Crippen LogP contribution in [0.4, 0.5) is 0 Å². The number of guanidine groups is 1. The maximum Gasteiger partial charge on any atom is 0.287 e. The highest BCUT2D eigenvalue weighted by Crippen LogP contribution is 2.02. The molecule has 3 N–H and O–H groups in total. The lowest BCUT2D eigenvalue weighted by atomic mass is 10.4. The molecule has 0 unspecified atom stereocenters. The van der Waals surface area contributed by atoms with Crippen molar-refractivity contribution in [3.63, 3.8) is 0 Å². The number of carbonyl (C=O) groups excluding carboxylic acids is 1. The molecule has 0 aromatic carbocycles. The predicted octanol–water partition coefficient (Wildman–Crippen LogP) is 0.417. The zero-order valence-electron chi connectivity index (χ0n) is 13.8. The zero-order chi connectivity index (χ0) is 17.5. The molecule has 9 heteroatoms. The first-order valence-electron chi connectivity index (χ1n) is 7.83. The molecule has 0 atom stereocenters. The highest BCUT2D eigenvalue weighted by atomic mass is 16.3. The molecular weight excluding hydrogens is 322 g/mol. The second kappa shape index (κ2) is 7.95. The first kappa shape index (κ1) is 16.5. The van der Waals surface area contributed by atoms with Crippen LogP contribution >= 0.6 is 0 Å². The molecule has 0 aliphatic carbocycles. The lowest BCUT2D eigenvalue weighted by molar-refractivity contribution is 0.0926. The fourth-order valence-electron chi connectivity index (χ4n) is 2.25. The summed E-state index contributed by atoms with van der Waals surface area (Å²) in [6.45, 7) is 1.43. The fraction of sp³-hybridized carbons (Fsp3) is 0.250. The standard InChI is InChI=1S/C16H19N7O2/c1-17-16(19-8-7-18-15(24)12-5-4-10-25-12)20-11-14-22-21-13-6-2-3-9-23(13)14/h2-6,9-10H,7-8,11H2,1H3,(H,18,24)(H2,17,19,20). The minimum atomic E-state index is -0.246. The molecule has 0 radical (unpaired) electrons. The van der Waals surface area contributed by atoms with E-state index in [-0.39, 0.29) is 5.91 Å². The van der Waals surface area contributed by atoms with Gasteiger partial charge in [0.05, 0.1) is 12.8 Å². The first-order chi connectivity index (χ1) is 12.3. The summed E-state index contributed by atoms with van der Waals surface area (Å²) < 4.78 is 6.93. The number of furan rings is 1. The van der Waals surface area contributed by atoms with Crippen LogP contribution in [0.3, 0.4) is 0 Å². The lowest BCUT2D eigenvalue weighted by Crippen LogP contribution is -2.41. The number of nitrogens with zero attached hydrogens (tertiary/aromatic N) is 4. The summed E-state index contributed by atoms with van der Waals surface area (Å²) in [5, 5.41) is 17.3. The third-order valence-electron chi connectivity index (χ3n) is 3.47. The number of aliphatic imine (C=N–C) groups is 1. The molecule has 0 aliphatic rings. The van der Waals surface area contributed by atoms with Crippen molar-refractivity contribution in [2.75, 3.05) is 20.1 Å². The van der Waals surface area contributed by atoms with Gasteiger partial charge in [0.15, 0.2) is 23.2 Å². The molecule has 3 heterocycles. The number of fused-ring (bicyclic) bond motifs is 1. The molecule has 0 saturated carbocycles. The van der Waals surface area contributed by atoms with Crippen molar-refractivity contribution < 1.29 is 9.21 Å². The summed E-state index contributed by atoms with van der Waals surface area (Å²) in [4.78, 5) is 15.9. The van der Waals surface area contributed by atoms with Crippen LogP contribution in [-0.2, 0) is 6.54 Å². The zero-order valence-corrected chi connectivity index (χ0v) is 13.8. The summed E-state index contributed by atoms with van der Waals surface area (Å²) in [7, 11) is 1.68. The highest BCUT2D eigenvalue weighted by molar-refractivity contribution is 5.91. The molecule has 0 aliphatic heterocycles. The predicted molar refractivity (Wildman–Crippen MR) is 92.2 cm³/mol. The Kier molecular flexibility index (Phi) is 5.25. The molecule has 3 rings (SSSR count). The topological polar surface area (TPSA) is 109 Å². The van der Waals surface area contributed by atoms with Crippen LogP contribution in [-0.4, -0.2) is 46.6 Å².